The third-order valence-corrected chi connectivity index (χ3v) is 6.64. The molecule has 0 radical (unpaired) electrons. The fourth-order valence-electron chi connectivity index (χ4n) is 3.44. The molecule has 9 heteroatoms. The van der Waals surface area contributed by atoms with Crippen molar-refractivity contribution in [2.75, 3.05) is 45.9 Å². The minimum atomic E-state index is -3.62. The number of ether oxygens (including phenoxy) is 1. The highest BCUT2D eigenvalue weighted by atomic mass is 32.2. The van der Waals surface area contributed by atoms with E-state index >= 15 is 0 Å². The lowest BCUT2D eigenvalue weighted by atomic mass is 10.2. The van der Waals surface area contributed by atoms with Crippen molar-refractivity contribution in [3.8, 4) is 0 Å². The van der Waals surface area contributed by atoms with Gasteiger partial charge in [-0.15, -0.1) is 0 Å². The standard InChI is InChI=1S/C22H30N4O4S/c27-22(9-12-24-31(28,29)21-5-2-1-3-6-21)26(19-20-7-10-23-11-8-20)14-4-13-25-15-17-30-18-16-25/h1-3,5-8,10-11,24H,4,9,12-19H2. The van der Waals surface area contributed by atoms with E-state index in [9.17, 15) is 13.2 Å². The summed E-state index contributed by atoms with van der Waals surface area (Å²) in [4.78, 5) is 21.3. The molecule has 1 aromatic carbocycles. The number of hydrogen-bond donors (Lipinski definition) is 1. The Morgan fingerprint density at radius 2 is 1.81 bits per heavy atom. The van der Waals surface area contributed by atoms with Crippen LogP contribution in [-0.2, 0) is 26.1 Å². The summed E-state index contributed by atoms with van der Waals surface area (Å²) in [5, 5.41) is 0. The molecule has 1 amide bonds. The van der Waals surface area contributed by atoms with E-state index in [1.54, 1.807) is 35.5 Å². The number of morpholine rings is 1. The van der Waals surface area contributed by atoms with E-state index in [2.05, 4.69) is 14.6 Å². The van der Waals surface area contributed by atoms with Crippen LogP contribution in [-0.4, -0.2) is 75.0 Å². The predicted molar refractivity (Wildman–Crippen MR) is 118 cm³/mol. The maximum atomic E-state index is 12.9. The largest absolute Gasteiger partial charge is 0.379 e. The fourth-order valence-corrected chi connectivity index (χ4v) is 4.50. The second-order valence-electron chi connectivity index (χ2n) is 7.44. The molecule has 1 aliphatic heterocycles. The van der Waals surface area contributed by atoms with E-state index in [0.29, 0.717) is 13.1 Å². The number of nitrogens with zero attached hydrogens (tertiary/aromatic N) is 3. The molecule has 0 saturated carbocycles. The van der Waals surface area contributed by atoms with Gasteiger partial charge in [0.25, 0.3) is 0 Å². The van der Waals surface area contributed by atoms with E-state index in [4.69, 9.17) is 4.74 Å². The Morgan fingerprint density at radius 1 is 1.10 bits per heavy atom. The third-order valence-electron chi connectivity index (χ3n) is 5.17. The van der Waals surface area contributed by atoms with Gasteiger partial charge in [0, 0.05) is 58.1 Å². The molecule has 1 saturated heterocycles. The first-order valence-corrected chi connectivity index (χ1v) is 12.0. The Hall–Kier alpha value is -2.33. The second kappa shape index (κ2) is 11.9. The molecule has 2 heterocycles. The molecular weight excluding hydrogens is 416 g/mol. The second-order valence-corrected chi connectivity index (χ2v) is 9.21. The Morgan fingerprint density at radius 3 is 2.52 bits per heavy atom. The molecule has 0 unspecified atom stereocenters. The Bertz CT molecular complexity index is 904. The number of aromatic nitrogens is 1. The average Bonchev–Trinajstić information content (AvgIpc) is 2.80. The van der Waals surface area contributed by atoms with Crippen LogP contribution in [0.4, 0.5) is 0 Å². The minimum Gasteiger partial charge on any atom is -0.379 e. The first-order chi connectivity index (χ1) is 15.0. The Balaban J connectivity index is 1.53. The summed E-state index contributed by atoms with van der Waals surface area (Å²) in [5.41, 5.74) is 1.000. The Kier molecular flexibility index (Phi) is 8.96. The number of benzene rings is 1. The van der Waals surface area contributed by atoms with E-state index < -0.39 is 10.0 Å². The smallest absolute Gasteiger partial charge is 0.240 e. The van der Waals surface area contributed by atoms with E-state index in [0.717, 1.165) is 44.8 Å². The van der Waals surface area contributed by atoms with Crippen LogP contribution >= 0.6 is 0 Å². The molecule has 2 aromatic rings. The van der Waals surface area contributed by atoms with Gasteiger partial charge in [-0.05, 0) is 36.2 Å². The molecular formula is C22H30N4O4S. The number of carbonyl (C=O) groups is 1. The summed E-state index contributed by atoms with van der Waals surface area (Å²) in [6.45, 7) is 5.40. The van der Waals surface area contributed by atoms with E-state index in [1.807, 2.05) is 12.1 Å². The van der Waals surface area contributed by atoms with Crippen molar-refractivity contribution in [1.82, 2.24) is 19.5 Å². The summed E-state index contributed by atoms with van der Waals surface area (Å²) in [7, 11) is -3.62. The fraction of sp³-hybridized carbons (Fsp3) is 0.455. The van der Waals surface area contributed by atoms with Gasteiger partial charge in [-0.3, -0.25) is 14.7 Å². The van der Waals surface area contributed by atoms with Gasteiger partial charge in [-0.25, -0.2) is 13.1 Å². The molecule has 1 aromatic heterocycles. The van der Waals surface area contributed by atoms with Crippen LogP contribution in [0.3, 0.4) is 0 Å². The highest BCUT2D eigenvalue weighted by Gasteiger charge is 2.18. The van der Waals surface area contributed by atoms with Crippen molar-refractivity contribution in [2.24, 2.45) is 0 Å². The molecule has 1 aliphatic rings. The number of nitrogens with one attached hydrogen (secondary N) is 1. The summed E-state index contributed by atoms with van der Waals surface area (Å²) < 4.78 is 32.6. The molecule has 3 rings (SSSR count). The van der Waals surface area contributed by atoms with Gasteiger partial charge < -0.3 is 9.64 Å². The van der Waals surface area contributed by atoms with Gasteiger partial charge in [0.1, 0.15) is 0 Å². The van der Waals surface area contributed by atoms with Gasteiger partial charge >= 0.3 is 0 Å². The van der Waals surface area contributed by atoms with Crippen LogP contribution < -0.4 is 4.72 Å². The summed E-state index contributed by atoms with van der Waals surface area (Å²) in [5.74, 6) is -0.0745. The number of carbonyl (C=O) groups excluding carboxylic acids is 1. The molecule has 168 valence electrons. The Labute approximate surface area is 184 Å². The molecule has 8 nitrogen and oxygen atoms in total. The van der Waals surface area contributed by atoms with Crippen LogP contribution in [0, 0.1) is 0 Å². The van der Waals surface area contributed by atoms with Crippen molar-refractivity contribution < 1.29 is 17.9 Å². The normalized spacial score (nSPS) is 15.0. The first kappa shape index (κ1) is 23.3. The minimum absolute atomic E-state index is 0.0619. The van der Waals surface area contributed by atoms with E-state index in [1.165, 1.54) is 12.1 Å². The molecule has 31 heavy (non-hydrogen) atoms. The third kappa shape index (κ3) is 7.70. The SMILES string of the molecule is O=C(CCNS(=O)(=O)c1ccccc1)N(CCCN1CCOCC1)Cc1ccncc1. The van der Waals surface area contributed by atoms with Crippen molar-refractivity contribution in [2.45, 2.75) is 24.3 Å². The zero-order valence-corrected chi connectivity index (χ0v) is 18.5. The van der Waals surface area contributed by atoms with Crippen LogP contribution in [0.5, 0.6) is 0 Å². The average molecular weight is 447 g/mol. The van der Waals surface area contributed by atoms with Crippen LogP contribution in [0.1, 0.15) is 18.4 Å². The zero-order chi connectivity index (χ0) is 21.9. The number of pyridine rings is 1. The molecule has 0 aliphatic carbocycles. The van der Waals surface area contributed by atoms with Crippen LogP contribution in [0.2, 0.25) is 0 Å². The monoisotopic (exact) mass is 446 g/mol. The molecule has 0 spiro atoms. The molecule has 0 atom stereocenters. The summed E-state index contributed by atoms with van der Waals surface area (Å²) in [6, 6.07) is 11.9. The lowest BCUT2D eigenvalue weighted by molar-refractivity contribution is -0.131. The number of amides is 1. The maximum absolute atomic E-state index is 12.9. The maximum Gasteiger partial charge on any atom is 0.240 e. The highest BCUT2D eigenvalue weighted by Crippen LogP contribution is 2.09. The van der Waals surface area contributed by atoms with Crippen molar-refractivity contribution >= 4 is 15.9 Å². The molecule has 1 N–H and O–H groups in total. The lowest BCUT2D eigenvalue weighted by Crippen LogP contribution is -2.39. The van der Waals surface area contributed by atoms with Crippen molar-refractivity contribution in [3.05, 3.63) is 60.4 Å². The zero-order valence-electron chi connectivity index (χ0n) is 17.7. The van der Waals surface area contributed by atoms with E-state index in [-0.39, 0.29) is 23.8 Å². The summed E-state index contributed by atoms with van der Waals surface area (Å²) >= 11 is 0. The van der Waals surface area contributed by atoms with Gasteiger partial charge in [0.2, 0.25) is 15.9 Å². The topological polar surface area (TPSA) is 91.8 Å². The molecule has 0 bridgehead atoms. The van der Waals surface area contributed by atoms with Crippen molar-refractivity contribution in [1.29, 1.82) is 0 Å². The van der Waals surface area contributed by atoms with Gasteiger partial charge in [0.05, 0.1) is 18.1 Å². The van der Waals surface area contributed by atoms with Crippen LogP contribution in [0.15, 0.2) is 59.8 Å². The molecule has 1 fully saturated rings. The summed E-state index contributed by atoms with van der Waals surface area (Å²) in [6.07, 6.45) is 4.38. The first-order valence-electron chi connectivity index (χ1n) is 10.6. The number of rotatable bonds is 11. The number of hydrogen-bond acceptors (Lipinski definition) is 6. The number of sulfonamides is 1. The quantitative estimate of drug-likeness (QED) is 0.563. The van der Waals surface area contributed by atoms with Crippen molar-refractivity contribution in [3.63, 3.8) is 0 Å². The van der Waals surface area contributed by atoms with Gasteiger partial charge in [-0.1, -0.05) is 18.2 Å². The lowest BCUT2D eigenvalue weighted by Gasteiger charge is -2.28. The predicted octanol–water partition coefficient (Wildman–Crippen LogP) is 1.50. The van der Waals surface area contributed by atoms with Gasteiger partial charge in [0.15, 0.2) is 0 Å². The highest BCUT2D eigenvalue weighted by molar-refractivity contribution is 7.89. The van der Waals surface area contributed by atoms with Crippen LogP contribution in [0.25, 0.3) is 0 Å². The van der Waals surface area contributed by atoms with Gasteiger partial charge in [-0.2, -0.15) is 0 Å².